The Morgan fingerprint density at radius 3 is 2.69 bits per heavy atom. The van der Waals surface area contributed by atoms with Gasteiger partial charge in [-0.1, -0.05) is 0 Å². The average molecular weight is 402 g/mol. The average Bonchev–Trinajstić information content (AvgIpc) is 3.12. The maximum absolute atomic E-state index is 13.4. The first-order chi connectivity index (χ1) is 14.1. The van der Waals surface area contributed by atoms with E-state index in [-0.39, 0.29) is 12.5 Å². The van der Waals surface area contributed by atoms with Crippen LogP contribution in [-0.2, 0) is 19.1 Å². The topological polar surface area (TPSA) is 92.7 Å². The molecule has 2 unspecified atom stereocenters. The molecular weight excluding hydrogens is 376 g/mol. The van der Waals surface area contributed by atoms with Crippen molar-refractivity contribution in [1.82, 2.24) is 10.2 Å². The Hall–Kier alpha value is -2.65. The number of piperidine rings is 1. The van der Waals surface area contributed by atoms with Crippen molar-refractivity contribution in [3.8, 4) is 5.75 Å². The number of amides is 1. The van der Waals surface area contributed by atoms with Crippen molar-refractivity contribution in [2.24, 2.45) is 11.0 Å². The van der Waals surface area contributed by atoms with Gasteiger partial charge in [0.1, 0.15) is 5.75 Å². The van der Waals surface area contributed by atoms with Crippen molar-refractivity contribution in [1.29, 1.82) is 0 Å². The van der Waals surface area contributed by atoms with Gasteiger partial charge in [-0.25, -0.2) is 9.80 Å². The Labute approximate surface area is 169 Å². The molecule has 1 N–H and O–H groups in total. The summed E-state index contributed by atoms with van der Waals surface area (Å²) in [4.78, 5) is 28.3. The second kappa shape index (κ2) is 8.00. The number of ether oxygens (including phenoxy) is 3. The maximum Gasteiger partial charge on any atom is 0.354 e. The van der Waals surface area contributed by atoms with Crippen LogP contribution in [0.2, 0.25) is 0 Å². The summed E-state index contributed by atoms with van der Waals surface area (Å²) in [6.07, 6.45) is 0.605. The van der Waals surface area contributed by atoms with Crippen LogP contribution in [0.5, 0.6) is 5.75 Å². The van der Waals surface area contributed by atoms with Crippen LogP contribution >= 0.6 is 0 Å². The lowest BCUT2D eigenvalue weighted by Crippen LogP contribution is -2.73. The van der Waals surface area contributed by atoms with Crippen LogP contribution < -0.4 is 15.1 Å². The number of methoxy groups -OCH3 is 1. The zero-order valence-electron chi connectivity index (χ0n) is 16.7. The molecule has 3 aliphatic heterocycles. The summed E-state index contributed by atoms with van der Waals surface area (Å²) in [5.41, 5.74) is -0.124. The number of hydrazone groups is 1. The highest BCUT2D eigenvalue weighted by atomic mass is 16.5. The van der Waals surface area contributed by atoms with Crippen LogP contribution in [0.1, 0.15) is 13.3 Å². The van der Waals surface area contributed by atoms with Gasteiger partial charge in [0.15, 0.2) is 5.71 Å². The molecule has 156 valence electrons. The van der Waals surface area contributed by atoms with E-state index in [0.717, 1.165) is 0 Å². The molecule has 2 atom stereocenters. The van der Waals surface area contributed by atoms with Crippen LogP contribution in [0.15, 0.2) is 29.4 Å². The number of benzene rings is 1. The van der Waals surface area contributed by atoms with E-state index in [2.05, 4.69) is 15.3 Å². The number of morpholine rings is 1. The fraction of sp³-hybridized carbons (Fsp3) is 0.550. The van der Waals surface area contributed by atoms with Gasteiger partial charge in [-0.2, -0.15) is 5.10 Å². The van der Waals surface area contributed by atoms with Crippen molar-refractivity contribution in [2.45, 2.75) is 19.0 Å². The molecule has 3 heterocycles. The second-order valence-electron chi connectivity index (χ2n) is 7.14. The summed E-state index contributed by atoms with van der Waals surface area (Å²) in [6.45, 7) is 4.69. The number of nitrogens with one attached hydrogen (secondary N) is 1. The number of anilines is 1. The molecule has 0 bridgehead atoms. The van der Waals surface area contributed by atoms with Gasteiger partial charge in [-0.3, -0.25) is 9.69 Å². The lowest BCUT2D eigenvalue weighted by atomic mass is 9.80. The van der Waals surface area contributed by atoms with Gasteiger partial charge in [0, 0.05) is 19.6 Å². The van der Waals surface area contributed by atoms with Gasteiger partial charge < -0.3 is 19.5 Å². The predicted octanol–water partition coefficient (Wildman–Crippen LogP) is 0.599. The fourth-order valence-electron chi connectivity index (χ4n) is 4.41. The zero-order valence-corrected chi connectivity index (χ0v) is 16.7. The molecule has 0 aromatic heterocycles. The highest BCUT2D eigenvalue weighted by Gasteiger charge is 2.63. The molecule has 0 radical (unpaired) electrons. The molecule has 0 saturated carbocycles. The summed E-state index contributed by atoms with van der Waals surface area (Å²) in [7, 11) is 1.60. The fourth-order valence-corrected chi connectivity index (χ4v) is 4.41. The van der Waals surface area contributed by atoms with Crippen LogP contribution in [0.25, 0.3) is 0 Å². The highest BCUT2D eigenvalue weighted by Crippen LogP contribution is 2.44. The lowest BCUT2D eigenvalue weighted by molar-refractivity contribution is -0.143. The Morgan fingerprint density at radius 1 is 1.31 bits per heavy atom. The zero-order chi connectivity index (χ0) is 20.4. The first-order valence-electron chi connectivity index (χ1n) is 9.94. The van der Waals surface area contributed by atoms with Gasteiger partial charge in [0.2, 0.25) is 5.66 Å². The molecule has 9 heteroatoms. The van der Waals surface area contributed by atoms with E-state index in [1.165, 1.54) is 0 Å². The normalized spacial score (nSPS) is 27.1. The van der Waals surface area contributed by atoms with Gasteiger partial charge in [-0.15, -0.1) is 0 Å². The van der Waals surface area contributed by atoms with E-state index in [9.17, 15) is 9.59 Å². The van der Waals surface area contributed by atoms with E-state index in [0.29, 0.717) is 56.4 Å². The van der Waals surface area contributed by atoms with E-state index >= 15 is 0 Å². The van der Waals surface area contributed by atoms with E-state index in [4.69, 9.17) is 14.2 Å². The van der Waals surface area contributed by atoms with Crippen LogP contribution in [0.4, 0.5) is 5.69 Å². The standard InChI is InChI=1S/C20H26N4O5/c1-3-29-18(25)17-16-8-9-21-19(26)20(16,23-10-12-28-13-11-23)24(22-17)14-4-6-15(27-2)7-5-14/h4-7,16H,3,8-13H2,1-2H3,(H,21,26). The lowest BCUT2D eigenvalue weighted by Gasteiger charge is -2.50. The molecule has 2 fully saturated rings. The van der Waals surface area contributed by atoms with Crippen molar-refractivity contribution in [2.75, 3.05) is 51.6 Å². The Balaban J connectivity index is 1.84. The summed E-state index contributed by atoms with van der Waals surface area (Å²) >= 11 is 0. The van der Waals surface area contributed by atoms with Crippen LogP contribution in [-0.4, -0.2) is 74.7 Å². The minimum atomic E-state index is -1.13. The van der Waals surface area contributed by atoms with E-state index in [1.807, 2.05) is 24.3 Å². The molecule has 9 nitrogen and oxygen atoms in total. The van der Waals surface area contributed by atoms with Crippen LogP contribution in [0.3, 0.4) is 0 Å². The first kappa shape index (κ1) is 19.7. The largest absolute Gasteiger partial charge is 0.497 e. The molecule has 0 aliphatic carbocycles. The summed E-state index contributed by atoms with van der Waals surface area (Å²) in [5.74, 6) is -0.321. The van der Waals surface area contributed by atoms with Gasteiger partial charge in [0.05, 0.1) is 38.5 Å². The van der Waals surface area contributed by atoms with Gasteiger partial charge in [-0.05, 0) is 37.6 Å². The Kier molecular flexibility index (Phi) is 5.42. The highest BCUT2D eigenvalue weighted by molar-refractivity contribution is 6.39. The Bertz CT molecular complexity index is 806. The number of carbonyl (C=O) groups is 2. The quantitative estimate of drug-likeness (QED) is 0.721. The number of rotatable bonds is 5. The van der Waals surface area contributed by atoms with Crippen molar-refractivity contribution < 1.29 is 23.8 Å². The third kappa shape index (κ3) is 3.14. The summed E-state index contributed by atoms with van der Waals surface area (Å²) in [5, 5.41) is 9.34. The smallest absolute Gasteiger partial charge is 0.354 e. The van der Waals surface area contributed by atoms with Gasteiger partial charge >= 0.3 is 5.97 Å². The summed E-state index contributed by atoms with van der Waals surface area (Å²) < 4.78 is 16.0. The number of esters is 1. The number of nitrogens with zero attached hydrogens (tertiary/aromatic N) is 3. The van der Waals surface area contributed by atoms with Crippen molar-refractivity contribution in [3.05, 3.63) is 24.3 Å². The second-order valence-corrected chi connectivity index (χ2v) is 7.14. The van der Waals surface area contributed by atoms with Crippen molar-refractivity contribution in [3.63, 3.8) is 0 Å². The number of hydrogen-bond donors (Lipinski definition) is 1. The summed E-state index contributed by atoms with van der Waals surface area (Å²) in [6, 6.07) is 7.32. The molecule has 3 aliphatic rings. The maximum atomic E-state index is 13.4. The van der Waals surface area contributed by atoms with Gasteiger partial charge in [0.25, 0.3) is 5.91 Å². The minimum absolute atomic E-state index is 0.158. The van der Waals surface area contributed by atoms with E-state index in [1.54, 1.807) is 19.0 Å². The predicted molar refractivity (Wildman–Crippen MR) is 106 cm³/mol. The number of carbonyl (C=O) groups excluding carboxylic acids is 2. The number of hydrogen-bond acceptors (Lipinski definition) is 8. The molecule has 1 aromatic carbocycles. The molecule has 4 rings (SSSR count). The first-order valence-corrected chi connectivity index (χ1v) is 9.94. The van der Waals surface area contributed by atoms with E-state index < -0.39 is 17.6 Å². The SMILES string of the molecule is CCOC(=O)C1=NN(c2ccc(OC)cc2)C2(N3CCOCC3)C(=O)NCCC12. The van der Waals surface area contributed by atoms with Crippen molar-refractivity contribution >= 4 is 23.3 Å². The minimum Gasteiger partial charge on any atom is -0.497 e. The monoisotopic (exact) mass is 402 g/mol. The van der Waals surface area contributed by atoms with Crippen LogP contribution in [0, 0.1) is 5.92 Å². The molecule has 2 saturated heterocycles. The third-order valence-electron chi connectivity index (χ3n) is 5.69. The molecular formula is C20H26N4O5. The molecule has 1 aromatic rings. The Morgan fingerprint density at radius 2 is 2.03 bits per heavy atom. The molecule has 0 spiro atoms. The third-order valence-corrected chi connectivity index (χ3v) is 5.69. The molecule has 1 amide bonds. The molecule has 29 heavy (non-hydrogen) atoms. The number of fused-ring (bicyclic) bond motifs is 1.